The molecule has 1 aliphatic carbocycles. The number of benzene rings is 1. The van der Waals surface area contributed by atoms with Crippen molar-refractivity contribution in [3.63, 3.8) is 0 Å². The zero-order valence-electron chi connectivity index (χ0n) is 10.1. The number of nitrogens with two attached hydrogens (primary N) is 1. The average Bonchev–Trinajstić information content (AvgIpc) is 3.12. The van der Waals surface area contributed by atoms with Gasteiger partial charge in [0.2, 0.25) is 0 Å². The molecule has 0 unspecified atom stereocenters. The topological polar surface area (TPSA) is 29.3 Å². The van der Waals surface area contributed by atoms with Gasteiger partial charge in [-0.1, -0.05) is 17.7 Å². The molecule has 1 aliphatic heterocycles. The molecule has 1 saturated carbocycles. The van der Waals surface area contributed by atoms with E-state index < -0.39 is 0 Å². The molecular weight excluding hydrogens is 232 g/mol. The van der Waals surface area contributed by atoms with Crippen molar-refractivity contribution in [2.75, 3.05) is 13.1 Å². The summed E-state index contributed by atoms with van der Waals surface area (Å²) in [5.74, 6) is 0.968. The summed E-state index contributed by atoms with van der Waals surface area (Å²) in [6, 6.07) is 4.32. The molecular formula is C14H19ClN2. The first-order valence-corrected chi connectivity index (χ1v) is 6.86. The Kier molecular flexibility index (Phi) is 3.12. The SMILES string of the molecule is NCc1cc2c(cc1Cl)CN(CC1CC1)CC2. The molecule has 2 nitrogen and oxygen atoms in total. The van der Waals surface area contributed by atoms with E-state index in [1.165, 1.54) is 37.1 Å². The number of nitrogens with zero attached hydrogens (tertiary/aromatic N) is 1. The zero-order chi connectivity index (χ0) is 11.8. The predicted octanol–water partition coefficient (Wildman–Crippen LogP) is 2.57. The van der Waals surface area contributed by atoms with Gasteiger partial charge in [-0.2, -0.15) is 0 Å². The molecule has 0 aromatic heterocycles. The normalized spacial score (nSPS) is 20.4. The summed E-state index contributed by atoms with van der Waals surface area (Å²) >= 11 is 6.23. The Morgan fingerprint density at radius 2 is 2.12 bits per heavy atom. The summed E-state index contributed by atoms with van der Waals surface area (Å²) in [4.78, 5) is 2.57. The fourth-order valence-electron chi connectivity index (χ4n) is 2.67. The van der Waals surface area contributed by atoms with E-state index in [2.05, 4.69) is 17.0 Å². The summed E-state index contributed by atoms with van der Waals surface area (Å²) in [7, 11) is 0. The van der Waals surface area contributed by atoms with Gasteiger partial charge in [-0.15, -0.1) is 0 Å². The lowest BCUT2D eigenvalue weighted by atomic mass is 9.97. The minimum absolute atomic E-state index is 0.540. The van der Waals surface area contributed by atoms with Crippen LogP contribution in [-0.2, 0) is 19.5 Å². The first-order chi connectivity index (χ1) is 8.26. The van der Waals surface area contributed by atoms with Gasteiger partial charge < -0.3 is 5.73 Å². The highest BCUT2D eigenvalue weighted by Gasteiger charge is 2.26. The number of hydrogen-bond donors (Lipinski definition) is 1. The van der Waals surface area contributed by atoms with Gasteiger partial charge in [-0.25, -0.2) is 0 Å². The summed E-state index contributed by atoms with van der Waals surface area (Å²) < 4.78 is 0. The van der Waals surface area contributed by atoms with E-state index in [0.717, 1.165) is 29.5 Å². The Balaban J connectivity index is 1.79. The van der Waals surface area contributed by atoms with Gasteiger partial charge in [0.25, 0.3) is 0 Å². The van der Waals surface area contributed by atoms with E-state index in [0.29, 0.717) is 6.54 Å². The van der Waals surface area contributed by atoms with Crippen LogP contribution in [0.3, 0.4) is 0 Å². The van der Waals surface area contributed by atoms with Crippen molar-refractivity contribution in [1.29, 1.82) is 0 Å². The van der Waals surface area contributed by atoms with Gasteiger partial charge in [0.15, 0.2) is 0 Å². The van der Waals surface area contributed by atoms with Gasteiger partial charge in [-0.05, 0) is 47.9 Å². The number of hydrogen-bond acceptors (Lipinski definition) is 2. The van der Waals surface area contributed by atoms with Crippen LogP contribution in [0.5, 0.6) is 0 Å². The Hall–Kier alpha value is -0.570. The molecule has 17 heavy (non-hydrogen) atoms. The lowest BCUT2D eigenvalue weighted by Crippen LogP contribution is -2.32. The molecule has 1 aromatic rings. The lowest BCUT2D eigenvalue weighted by molar-refractivity contribution is 0.244. The lowest BCUT2D eigenvalue weighted by Gasteiger charge is -2.29. The first-order valence-electron chi connectivity index (χ1n) is 6.49. The molecule has 2 aliphatic rings. The molecule has 2 N–H and O–H groups in total. The van der Waals surface area contributed by atoms with Crippen LogP contribution in [0, 0.1) is 5.92 Å². The van der Waals surface area contributed by atoms with Crippen molar-refractivity contribution in [2.24, 2.45) is 11.7 Å². The third kappa shape index (κ3) is 2.49. The molecule has 0 atom stereocenters. The standard InChI is InChI=1S/C14H19ClN2/c15-14-6-13-9-17(8-10-1-2-10)4-3-11(13)5-12(14)7-16/h5-6,10H,1-4,7-9,16H2. The van der Waals surface area contributed by atoms with Gasteiger partial charge in [0, 0.05) is 31.2 Å². The van der Waals surface area contributed by atoms with Crippen molar-refractivity contribution < 1.29 is 0 Å². The number of rotatable bonds is 3. The van der Waals surface area contributed by atoms with Gasteiger partial charge in [-0.3, -0.25) is 4.90 Å². The number of fused-ring (bicyclic) bond motifs is 1. The van der Waals surface area contributed by atoms with Crippen LogP contribution < -0.4 is 5.73 Å². The van der Waals surface area contributed by atoms with Crippen LogP contribution in [0.4, 0.5) is 0 Å². The molecule has 0 amide bonds. The molecule has 92 valence electrons. The van der Waals surface area contributed by atoms with Crippen molar-refractivity contribution in [1.82, 2.24) is 4.90 Å². The maximum atomic E-state index is 6.23. The van der Waals surface area contributed by atoms with Crippen molar-refractivity contribution >= 4 is 11.6 Å². The molecule has 0 radical (unpaired) electrons. The van der Waals surface area contributed by atoms with Crippen LogP contribution in [0.25, 0.3) is 0 Å². The molecule has 1 aromatic carbocycles. The van der Waals surface area contributed by atoms with E-state index >= 15 is 0 Å². The Morgan fingerprint density at radius 1 is 1.29 bits per heavy atom. The molecule has 0 spiro atoms. The smallest absolute Gasteiger partial charge is 0.0454 e. The highest BCUT2D eigenvalue weighted by molar-refractivity contribution is 6.31. The maximum Gasteiger partial charge on any atom is 0.0454 e. The van der Waals surface area contributed by atoms with Crippen molar-refractivity contribution in [3.8, 4) is 0 Å². The van der Waals surface area contributed by atoms with Crippen molar-refractivity contribution in [3.05, 3.63) is 33.8 Å². The van der Waals surface area contributed by atoms with Crippen LogP contribution >= 0.6 is 11.6 Å². The average molecular weight is 251 g/mol. The Labute approximate surface area is 108 Å². The Morgan fingerprint density at radius 3 is 2.82 bits per heavy atom. The van der Waals surface area contributed by atoms with Gasteiger partial charge in [0.05, 0.1) is 0 Å². The zero-order valence-corrected chi connectivity index (χ0v) is 10.8. The van der Waals surface area contributed by atoms with E-state index in [1.807, 2.05) is 0 Å². The quantitative estimate of drug-likeness (QED) is 0.894. The minimum atomic E-state index is 0.540. The Bertz CT molecular complexity index is 426. The molecule has 3 heteroatoms. The monoisotopic (exact) mass is 250 g/mol. The summed E-state index contributed by atoms with van der Waals surface area (Å²) in [6.07, 6.45) is 4.00. The second kappa shape index (κ2) is 4.60. The summed E-state index contributed by atoms with van der Waals surface area (Å²) in [5.41, 5.74) is 9.62. The van der Waals surface area contributed by atoms with Crippen molar-refractivity contribution in [2.45, 2.75) is 32.4 Å². The molecule has 1 fully saturated rings. The highest BCUT2D eigenvalue weighted by Crippen LogP contribution is 2.32. The summed E-state index contributed by atoms with van der Waals surface area (Å²) in [6.45, 7) is 4.07. The van der Waals surface area contributed by atoms with E-state index in [4.69, 9.17) is 17.3 Å². The van der Waals surface area contributed by atoms with Gasteiger partial charge >= 0.3 is 0 Å². The molecule has 3 rings (SSSR count). The largest absolute Gasteiger partial charge is 0.326 e. The van der Waals surface area contributed by atoms with E-state index in [9.17, 15) is 0 Å². The second-order valence-electron chi connectivity index (χ2n) is 5.34. The van der Waals surface area contributed by atoms with E-state index in [1.54, 1.807) is 0 Å². The first kappa shape index (κ1) is 11.5. The highest BCUT2D eigenvalue weighted by atomic mass is 35.5. The van der Waals surface area contributed by atoms with Crippen LogP contribution in [0.1, 0.15) is 29.5 Å². The van der Waals surface area contributed by atoms with Crippen LogP contribution in [0.15, 0.2) is 12.1 Å². The molecule has 1 heterocycles. The molecule has 0 bridgehead atoms. The third-order valence-electron chi connectivity index (χ3n) is 3.89. The summed E-state index contributed by atoms with van der Waals surface area (Å²) in [5, 5.41) is 0.833. The predicted molar refractivity (Wildman–Crippen MR) is 71.0 cm³/mol. The fourth-order valence-corrected chi connectivity index (χ4v) is 2.93. The number of halogens is 1. The minimum Gasteiger partial charge on any atom is -0.326 e. The molecule has 0 saturated heterocycles. The van der Waals surface area contributed by atoms with E-state index in [-0.39, 0.29) is 0 Å². The second-order valence-corrected chi connectivity index (χ2v) is 5.75. The maximum absolute atomic E-state index is 6.23. The van der Waals surface area contributed by atoms with Gasteiger partial charge in [0.1, 0.15) is 0 Å². The third-order valence-corrected chi connectivity index (χ3v) is 4.25. The fraction of sp³-hybridized carbons (Fsp3) is 0.571. The van der Waals surface area contributed by atoms with Crippen LogP contribution in [0.2, 0.25) is 5.02 Å². The van der Waals surface area contributed by atoms with Crippen LogP contribution in [-0.4, -0.2) is 18.0 Å².